The molecule has 0 aliphatic rings. The van der Waals surface area contributed by atoms with E-state index >= 15 is 0 Å². The summed E-state index contributed by atoms with van der Waals surface area (Å²) in [7, 11) is 1.55. The molecule has 0 bridgehead atoms. The fourth-order valence-corrected chi connectivity index (χ4v) is 2.29. The molecule has 0 unspecified atom stereocenters. The van der Waals surface area contributed by atoms with Gasteiger partial charge in [-0.1, -0.05) is 20.8 Å². The van der Waals surface area contributed by atoms with E-state index < -0.39 is 11.4 Å². The van der Waals surface area contributed by atoms with Crippen molar-refractivity contribution in [2.24, 2.45) is 5.41 Å². The van der Waals surface area contributed by atoms with Crippen molar-refractivity contribution in [3.63, 3.8) is 0 Å². The number of nitrogens with zero attached hydrogens (tertiary/aromatic N) is 1. The predicted octanol–water partition coefficient (Wildman–Crippen LogP) is 2.75. The van der Waals surface area contributed by atoms with Gasteiger partial charge in [0.25, 0.3) is 0 Å². The number of rotatable bonds is 3. The van der Waals surface area contributed by atoms with Gasteiger partial charge in [-0.2, -0.15) is 0 Å². The van der Waals surface area contributed by atoms with E-state index in [1.807, 2.05) is 4.57 Å². The van der Waals surface area contributed by atoms with Crippen LogP contribution in [0.15, 0.2) is 29.2 Å². The minimum atomic E-state index is -1.21. The van der Waals surface area contributed by atoms with Crippen molar-refractivity contribution in [2.75, 3.05) is 7.11 Å². The third-order valence-corrected chi connectivity index (χ3v) is 3.16. The summed E-state index contributed by atoms with van der Waals surface area (Å²) in [5.41, 5.74) is -0.0533. The highest BCUT2D eigenvalue weighted by molar-refractivity contribution is 5.92. The number of aromatic nitrogens is 1. The summed E-state index contributed by atoms with van der Waals surface area (Å²) >= 11 is 0. The summed E-state index contributed by atoms with van der Waals surface area (Å²) in [5.74, 6) is -0.576. The molecule has 0 atom stereocenters. The van der Waals surface area contributed by atoms with Crippen molar-refractivity contribution in [1.29, 1.82) is 0 Å². The summed E-state index contributed by atoms with van der Waals surface area (Å²) in [5, 5.41) is 9.60. The molecule has 5 heteroatoms. The van der Waals surface area contributed by atoms with Gasteiger partial charge in [0.2, 0.25) is 5.43 Å². The lowest BCUT2D eigenvalue weighted by atomic mass is 9.96. The first-order valence-corrected chi connectivity index (χ1v) is 6.67. The molecular formula is C16H19NO4. The zero-order valence-electron chi connectivity index (χ0n) is 12.6. The first kappa shape index (κ1) is 15.1. The van der Waals surface area contributed by atoms with Crippen LogP contribution in [-0.4, -0.2) is 22.8 Å². The lowest BCUT2D eigenvalue weighted by Gasteiger charge is -2.22. The highest BCUT2D eigenvalue weighted by Gasteiger charge is 2.18. The Kier molecular flexibility index (Phi) is 3.77. The number of carbonyl (C=O) groups is 1. The molecule has 0 spiro atoms. The second kappa shape index (κ2) is 5.24. The molecule has 0 aliphatic carbocycles. The SMILES string of the molecule is COc1ccc2c(=O)c(C(=O)O)cn(CC(C)(C)C)c2c1. The standard InChI is InChI=1S/C16H19NO4/c1-16(2,3)9-17-8-12(15(19)20)14(18)11-6-5-10(21-4)7-13(11)17/h5-8H,9H2,1-4H3,(H,19,20). The number of methoxy groups -OCH3 is 1. The fourth-order valence-electron chi connectivity index (χ4n) is 2.29. The number of aromatic carboxylic acids is 1. The second-order valence-electron chi connectivity index (χ2n) is 6.25. The second-order valence-corrected chi connectivity index (χ2v) is 6.25. The Hall–Kier alpha value is -2.30. The van der Waals surface area contributed by atoms with Gasteiger partial charge in [0, 0.05) is 24.2 Å². The van der Waals surface area contributed by atoms with E-state index in [0.29, 0.717) is 23.2 Å². The molecule has 0 saturated carbocycles. The van der Waals surface area contributed by atoms with Crippen LogP contribution >= 0.6 is 0 Å². The van der Waals surface area contributed by atoms with Crippen LogP contribution in [0.25, 0.3) is 10.9 Å². The molecule has 0 fully saturated rings. The van der Waals surface area contributed by atoms with Crippen LogP contribution in [-0.2, 0) is 6.54 Å². The first-order valence-electron chi connectivity index (χ1n) is 6.67. The Morgan fingerprint density at radius 1 is 1.33 bits per heavy atom. The van der Waals surface area contributed by atoms with E-state index in [9.17, 15) is 14.7 Å². The van der Waals surface area contributed by atoms with E-state index in [0.717, 1.165) is 0 Å². The van der Waals surface area contributed by atoms with Gasteiger partial charge in [-0.05, 0) is 17.5 Å². The minimum absolute atomic E-state index is 0.0547. The zero-order chi connectivity index (χ0) is 15.8. The van der Waals surface area contributed by atoms with Gasteiger partial charge in [0.15, 0.2) is 0 Å². The van der Waals surface area contributed by atoms with Crippen LogP contribution < -0.4 is 10.2 Å². The number of carboxylic acids is 1. The van der Waals surface area contributed by atoms with Crippen molar-refractivity contribution in [1.82, 2.24) is 4.57 Å². The molecule has 21 heavy (non-hydrogen) atoms. The average molecular weight is 289 g/mol. The number of fused-ring (bicyclic) bond motifs is 1. The summed E-state index contributed by atoms with van der Waals surface area (Å²) < 4.78 is 7.00. The largest absolute Gasteiger partial charge is 0.497 e. The maximum atomic E-state index is 12.3. The molecule has 0 saturated heterocycles. The molecule has 1 aromatic carbocycles. The summed E-state index contributed by atoms with van der Waals surface area (Å²) in [6.07, 6.45) is 1.41. The molecule has 0 radical (unpaired) electrons. The number of benzene rings is 1. The van der Waals surface area contributed by atoms with E-state index in [1.165, 1.54) is 6.20 Å². The van der Waals surface area contributed by atoms with Crippen LogP contribution in [0.4, 0.5) is 0 Å². The summed E-state index contributed by atoms with van der Waals surface area (Å²) in [4.78, 5) is 23.5. The lowest BCUT2D eigenvalue weighted by Crippen LogP contribution is -2.22. The Morgan fingerprint density at radius 2 is 2.00 bits per heavy atom. The van der Waals surface area contributed by atoms with Crippen LogP contribution in [0.2, 0.25) is 0 Å². The maximum absolute atomic E-state index is 12.3. The van der Waals surface area contributed by atoms with Crippen LogP contribution in [0, 0.1) is 5.41 Å². The fraction of sp³-hybridized carbons (Fsp3) is 0.375. The smallest absolute Gasteiger partial charge is 0.341 e. The molecule has 2 rings (SSSR count). The van der Waals surface area contributed by atoms with E-state index in [1.54, 1.807) is 25.3 Å². The van der Waals surface area contributed by atoms with Crippen LogP contribution in [0.1, 0.15) is 31.1 Å². The van der Waals surface area contributed by atoms with E-state index in [-0.39, 0.29) is 11.0 Å². The Bertz CT molecular complexity index is 753. The minimum Gasteiger partial charge on any atom is -0.497 e. The summed E-state index contributed by atoms with van der Waals surface area (Å²) in [6, 6.07) is 5.03. The van der Waals surface area contributed by atoms with Gasteiger partial charge in [-0.3, -0.25) is 4.79 Å². The number of ether oxygens (including phenoxy) is 1. The maximum Gasteiger partial charge on any atom is 0.341 e. The van der Waals surface area contributed by atoms with Crippen LogP contribution in [0.3, 0.4) is 0 Å². The van der Waals surface area contributed by atoms with Gasteiger partial charge in [-0.15, -0.1) is 0 Å². The topological polar surface area (TPSA) is 68.5 Å². The van der Waals surface area contributed by atoms with Crippen molar-refractivity contribution in [2.45, 2.75) is 27.3 Å². The molecule has 5 nitrogen and oxygen atoms in total. The molecule has 0 amide bonds. The molecule has 2 aromatic rings. The van der Waals surface area contributed by atoms with Gasteiger partial charge in [0.05, 0.1) is 12.6 Å². The third-order valence-electron chi connectivity index (χ3n) is 3.16. The monoisotopic (exact) mass is 289 g/mol. The Labute approximate surface area is 122 Å². The highest BCUT2D eigenvalue weighted by atomic mass is 16.5. The van der Waals surface area contributed by atoms with Crippen molar-refractivity contribution >= 4 is 16.9 Å². The van der Waals surface area contributed by atoms with Gasteiger partial charge < -0.3 is 14.4 Å². The van der Waals surface area contributed by atoms with Crippen molar-refractivity contribution in [3.05, 3.63) is 40.2 Å². The van der Waals surface area contributed by atoms with E-state index in [2.05, 4.69) is 20.8 Å². The number of hydrogen-bond acceptors (Lipinski definition) is 3. The normalized spacial score (nSPS) is 11.6. The average Bonchev–Trinajstić information content (AvgIpc) is 2.39. The van der Waals surface area contributed by atoms with Crippen molar-refractivity contribution in [3.8, 4) is 5.75 Å². The van der Waals surface area contributed by atoms with Gasteiger partial charge in [0.1, 0.15) is 11.3 Å². The molecule has 1 N–H and O–H groups in total. The Morgan fingerprint density at radius 3 is 2.52 bits per heavy atom. The molecule has 0 aliphatic heterocycles. The number of carboxylic acid groups (broad SMARTS) is 1. The molecule has 1 aromatic heterocycles. The predicted molar refractivity (Wildman–Crippen MR) is 81.2 cm³/mol. The first-order chi connectivity index (χ1) is 9.73. The van der Waals surface area contributed by atoms with Crippen LogP contribution in [0.5, 0.6) is 5.75 Å². The molecule has 1 heterocycles. The quantitative estimate of drug-likeness (QED) is 0.943. The zero-order valence-corrected chi connectivity index (χ0v) is 12.6. The third kappa shape index (κ3) is 3.07. The summed E-state index contributed by atoms with van der Waals surface area (Å²) in [6.45, 7) is 6.75. The van der Waals surface area contributed by atoms with Gasteiger partial charge in [-0.25, -0.2) is 4.79 Å². The number of hydrogen-bond donors (Lipinski definition) is 1. The molecule has 112 valence electrons. The van der Waals surface area contributed by atoms with Crippen molar-refractivity contribution < 1.29 is 14.6 Å². The lowest BCUT2D eigenvalue weighted by molar-refractivity contribution is 0.0694. The van der Waals surface area contributed by atoms with Gasteiger partial charge >= 0.3 is 5.97 Å². The van der Waals surface area contributed by atoms with E-state index in [4.69, 9.17) is 4.74 Å². The Balaban J connectivity index is 2.82. The highest BCUT2D eigenvalue weighted by Crippen LogP contribution is 2.23. The molecular weight excluding hydrogens is 270 g/mol. The number of pyridine rings is 1.